The van der Waals surface area contributed by atoms with E-state index in [0.29, 0.717) is 31.6 Å². The number of thiocarbonyl (C=S) groups is 1. The summed E-state index contributed by atoms with van der Waals surface area (Å²) in [6.45, 7) is 1.08. The molecule has 21 heavy (non-hydrogen) atoms. The number of primary amides is 1. The molecule has 0 bridgehead atoms. The Kier molecular flexibility index (Phi) is 5.08. The van der Waals surface area contributed by atoms with Gasteiger partial charge in [-0.3, -0.25) is 9.59 Å². The number of nitrogens with zero attached hydrogens (tertiary/aromatic N) is 2. The summed E-state index contributed by atoms with van der Waals surface area (Å²) >= 11 is 11.1. The summed E-state index contributed by atoms with van der Waals surface area (Å²) in [6, 6.07) is 3.32. The van der Waals surface area contributed by atoms with Crippen LogP contribution in [0.3, 0.4) is 0 Å². The number of hydrogen-bond donors (Lipinski definition) is 2. The molecule has 0 spiro atoms. The van der Waals surface area contributed by atoms with Gasteiger partial charge in [-0.2, -0.15) is 0 Å². The predicted octanol–water partition coefficient (Wildman–Crippen LogP) is 1.20. The van der Waals surface area contributed by atoms with Gasteiger partial charge in [0, 0.05) is 25.2 Å². The van der Waals surface area contributed by atoms with Crippen LogP contribution in [0.5, 0.6) is 0 Å². The fourth-order valence-corrected chi connectivity index (χ4v) is 2.57. The largest absolute Gasteiger partial charge is 0.369 e. The van der Waals surface area contributed by atoms with Gasteiger partial charge in [-0.25, -0.2) is 4.98 Å². The Bertz CT molecular complexity index is 573. The summed E-state index contributed by atoms with van der Waals surface area (Å²) in [7, 11) is 0. The molecule has 2 rings (SSSR count). The Morgan fingerprint density at radius 2 is 2.10 bits per heavy atom. The number of anilines is 1. The molecule has 0 unspecified atom stereocenters. The molecule has 1 aromatic heterocycles. The minimum absolute atomic E-state index is 0.139. The molecule has 2 heterocycles. The molecular weight excluding hydrogens is 312 g/mol. The van der Waals surface area contributed by atoms with Crippen molar-refractivity contribution in [2.24, 2.45) is 11.7 Å². The van der Waals surface area contributed by atoms with Crippen molar-refractivity contribution < 1.29 is 9.59 Å². The summed E-state index contributed by atoms with van der Waals surface area (Å²) in [5, 5.41) is 2.84. The van der Waals surface area contributed by atoms with Gasteiger partial charge in [0.15, 0.2) is 10.1 Å². The highest BCUT2D eigenvalue weighted by Gasteiger charge is 2.27. The quantitative estimate of drug-likeness (QED) is 0.629. The van der Waals surface area contributed by atoms with Gasteiger partial charge in [-0.1, -0.05) is 23.8 Å². The minimum Gasteiger partial charge on any atom is -0.369 e. The zero-order chi connectivity index (χ0) is 15.4. The number of likely N-dealkylation sites (tertiary alicyclic amines) is 1. The van der Waals surface area contributed by atoms with Crippen molar-refractivity contribution in [2.45, 2.75) is 12.8 Å². The highest BCUT2D eigenvalue weighted by Crippen LogP contribution is 2.20. The van der Waals surface area contributed by atoms with Gasteiger partial charge in [0.1, 0.15) is 0 Å². The minimum atomic E-state index is -0.405. The van der Waals surface area contributed by atoms with Crippen molar-refractivity contribution in [1.29, 1.82) is 0 Å². The van der Waals surface area contributed by atoms with Crippen LogP contribution < -0.4 is 11.1 Å². The Morgan fingerprint density at radius 1 is 1.43 bits per heavy atom. The number of rotatable bonds is 2. The van der Waals surface area contributed by atoms with Gasteiger partial charge in [0.2, 0.25) is 5.91 Å². The third kappa shape index (κ3) is 3.89. The Hall–Kier alpha value is -1.73. The van der Waals surface area contributed by atoms with E-state index in [9.17, 15) is 9.59 Å². The van der Waals surface area contributed by atoms with Crippen molar-refractivity contribution in [3.05, 3.63) is 23.5 Å². The van der Waals surface area contributed by atoms with Crippen molar-refractivity contribution in [2.75, 3.05) is 18.4 Å². The second kappa shape index (κ2) is 6.82. The molecule has 0 radical (unpaired) electrons. The maximum atomic E-state index is 12.1. The standard InChI is InChI=1S/C13H15ClN4O2S/c14-10-9(2-1-5-16-10)17-12(20)13(21)18-6-3-8(4-7-18)11(15)19/h1-2,5,8H,3-4,6-7H2,(H2,15,19)(H,17,20). The molecule has 0 aromatic carbocycles. The maximum absolute atomic E-state index is 12.1. The number of nitrogens with one attached hydrogen (secondary N) is 1. The predicted molar refractivity (Wildman–Crippen MR) is 84.0 cm³/mol. The first-order valence-electron chi connectivity index (χ1n) is 6.49. The molecule has 1 aromatic rings. The van der Waals surface area contributed by atoms with Gasteiger partial charge < -0.3 is 16.0 Å². The van der Waals surface area contributed by atoms with E-state index < -0.39 is 5.91 Å². The normalized spacial score (nSPS) is 15.6. The summed E-state index contributed by atoms with van der Waals surface area (Å²) < 4.78 is 0. The van der Waals surface area contributed by atoms with Crippen LogP contribution >= 0.6 is 23.8 Å². The van der Waals surface area contributed by atoms with E-state index in [4.69, 9.17) is 29.6 Å². The highest BCUT2D eigenvalue weighted by molar-refractivity contribution is 7.82. The van der Waals surface area contributed by atoms with Crippen molar-refractivity contribution in [3.63, 3.8) is 0 Å². The molecule has 1 aliphatic heterocycles. The first-order valence-corrected chi connectivity index (χ1v) is 7.27. The number of nitrogens with two attached hydrogens (primary N) is 1. The van der Waals surface area contributed by atoms with Gasteiger partial charge in [0.25, 0.3) is 5.91 Å². The second-order valence-corrected chi connectivity index (χ2v) is 5.51. The van der Waals surface area contributed by atoms with Crippen LogP contribution in [0.15, 0.2) is 18.3 Å². The Balaban J connectivity index is 1.93. The lowest BCUT2D eigenvalue weighted by atomic mass is 9.96. The zero-order valence-corrected chi connectivity index (χ0v) is 12.8. The molecular formula is C13H15ClN4O2S. The summed E-state index contributed by atoms with van der Waals surface area (Å²) in [5.74, 6) is -0.843. The van der Waals surface area contributed by atoms with Gasteiger partial charge >= 0.3 is 0 Å². The number of hydrogen-bond acceptors (Lipinski definition) is 4. The topological polar surface area (TPSA) is 88.3 Å². The molecule has 0 saturated carbocycles. The van der Waals surface area contributed by atoms with Crippen LogP contribution in [0.1, 0.15) is 12.8 Å². The average Bonchev–Trinajstić information content (AvgIpc) is 2.49. The first kappa shape index (κ1) is 15.7. The number of carbonyl (C=O) groups excluding carboxylic acids is 2. The van der Waals surface area contributed by atoms with E-state index in [2.05, 4.69) is 10.3 Å². The number of carbonyl (C=O) groups is 2. The number of amides is 2. The first-order chi connectivity index (χ1) is 9.99. The van der Waals surface area contributed by atoms with Crippen molar-refractivity contribution in [3.8, 4) is 0 Å². The number of piperidine rings is 1. The van der Waals surface area contributed by atoms with Crippen LogP contribution in [0.25, 0.3) is 0 Å². The highest BCUT2D eigenvalue weighted by atomic mass is 35.5. The van der Waals surface area contributed by atoms with E-state index in [1.54, 1.807) is 17.0 Å². The zero-order valence-electron chi connectivity index (χ0n) is 11.2. The third-order valence-corrected chi connectivity index (χ3v) is 4.13. The van der Waals surface area contributed by atoms with Crippen molar-refractivity contribution in [1.82, 2.24) is 9.88 Å². The lowest BCUT2D eigenvalue weighted by Gasteiger charge is -2.31. The lowest BCUT2D eigenvalue weighted by molar-refractivity contribution is -0.122. The van der Waals surface area contributed by atoms with Crippen LogP contribution in [0.2, 0.25) is 5.15 Å². The monoisotopic (exact) mass is 326 g/mol. The fourth-order valence-electron chi connectivity index (χ4n) is 2.17. The molecule has 0 atom stereocenters. The Labute approximate surface area is 132 Å². The van der Waals surface area contributed by atoms with Crippen LogP contribution in [0.4, 0.5) is 5.69 Å². The van der Waals surface area contributed by atoms with Crippen molar-refractivity contribution >= 4 is 46.3 Å². The molecule has 112 valence electrons. The molecule has 2 amide bonds. The molecule has 6 nitrogen and oxygen atoms in total. The summed E-state index contributed by atoms with van der Waals surface area (Å²) in [5.41, 5.74) is 5.69. The SMILES string of the molecule is NC(=O)C1CCN(C(=S)C(=O)Nc2cccnc2Cl)CC1. The molecule has 0 aliphatic carbocycles. The van der Waals surface area contributed by atoms with E-state index in [0.717, 1.165) is 0 Å². The fraction of sp³-hybridized carbons (Fsp3) is 0.385. The second-order valence-electron chi connectivity index (χ2n) is 4.76. The smallest absolute Gasteiger partial charge is 0.283 e. The van der Waals surface area contributed by atoms with E-state index in [1.807, 2.05) is 0 Å². The molecule has 1 fully saturated rings. The molecule has 1 saturated heterocycles. The molecule has 1 aliphatic rings. The van der Waals surface area contributed by atoms with Crippen LogP contribution in [0, 0.1) is 5.92 Å². The Morgan fingerprint density at radius 3 is 2.67 bits per heavy atom. The maximum Gasteiger partial charge on any atom is 0.283 e. The van der Waals surface area contributed by atoms with Crippen LogP contribution in [-0.2, 0) is 9.59 Å². The van der Waals surface area contributed by atoms with E-state index >= 15 is 0 Å². The van der Waals surface area contributed by atoms with Crippen LogP contribution in [-0.4, -0.2) is 39.8 Å². The third-order valence-electron chi connectivity index (χ3n) is 3.39. The number of halogens is 1. The lowest BCUT2D eigenvalue weighted by Crippen LogP contribution is -2.45. The molecule has 3 N–H and O–H groups in total. The number of aromatic nitrogens is 1. The molecule has 8 heteroatoms. The van der Waals surface area contributed by atoms with E-state index in [1.165, 1.54) is 6.20 Å². The number of pyridine rings is 1. The van der Waals surface area contributed by atoms with Gasteiger partial charge in [0.05, 0.1) is 5.69 Å². The van der Waals surface area contributed by atoms with Gasteiger partial charge in [-0.05, 0) is 25.0 Å². The summed E-state index contributed by atoms with van der Waals surface area (Å²) in [6.07, 6.45) is 2.75. The van der Waals surface area contributed by atoms with E-state index in [-0.39, 0.29) is 22.0 Å². The average molecular weight is 327 g/mol. The summed E-state index contributed by atoms with van der Waals surface area (Å²) in [4.78, 5) is 29.0. The van der Waals surface area contributed by atoms with Gasteiger partial charge in [-0.15, -0.1) is 0 Å².